The number of carbonyl (C=O) groups is 4. The number of cyclic esters (lactones) is 1. The van der Waals surface area contributed by atoms with E-state index >= 15 is 0 Å². The van der Waals surface area contributed by atoms with Crippen LogP contribution in [0.15, 0.2) is 85.0 Å². The molecule has 8 atom stereocenters. The number of amides is 3. The molecular weight excluding hydrogens is 626 g/mol. The van der Waals surface area contributed by atoms with E-state index in [1.807, 2.05) is 86.7 Å². The fraction of sp³-hybridized carbons (Fsp3) is 0.474. The molecule has 1 spiro atoms. The molecule has 2 aromatic carbocycles. The average Bonchev–Trinajstić information content (AvgIpc) is 3.74. The van der Waals surface area contributed by atoms with Crippen molar-refractivity contribution >= 4 is 23.7 Å². The molecule has 0 saturated carbocycles. The lowest BCUT2D eigenvalue weighted by Gasteiger charge is -2.40. The van der Waals surface area contributed by atoms with Gasteiger partial charge < -0.3 is 34.4 Å². The molecule has 4 aliphatic heterocycles. The third-order valence-electron chi connectivity index (χ3n) is 10.1. The quantitative estimate of drug-likeness (QED) is 0.323. The van der Waals surface area contributed by atoms with E-state index in [1.165, 1.54) is 12.0 Å². The minimum absolute atomic E-state index is 0.0661. The van der Waals surface area contributed by atoms with E-state index in [-0.39, 0.29) is 50.5 Å². The van der Waals surface area contributed by atoms with Gasteiger partial charge in [-0.1, -0.05) is 98.8 Å². The number of benzene rings is 2. The highest BCUT2D eigenvalue weighted by atomic mass is 16.6. The molecule has 49 heavy (non-hydrogen) atoms. The number of esters is 1. The van der Waals surface area contributed by atoms with E-state index in [9.17, 15) is 24.3 Å². The van der Waals surface area contributed by atoms with E-state index < -0.39 is 59.6 Å². The summed E-state index contributed by atoms with van der Waals surface area (Å²) in [5, 5.41) is 13.6. The van der Waals surface area contributed by atoms with Gasteiger partial charge in [-0.2, -0.15) is 0 Å². The Morgan fingerprint density at radius 1 is 1.00 bits per heavy atom. The third kappa shape index (κ3) is 6.54. The zero-order valence-electron chi connectivity index (χ0n) is 28.1. The number of allylic oxidation sites excluding steroid dienone is 1. The Labute approximate surface area is 286 Å². The highest BCUT2D eigenvalue weighted by Crippen LogP contribution is 2.56. The number of carbonyl (C=O) groups excluding carboxylic acids is 4. The van der Waals surface area contributed by atoms with Crippen LogP contribution in [-0.2, 0) is 39.9 Å². The number of nitrogens with one attached hydrogen (secondary N) is 1. The number of ether oxygens (including phenoxy) is 3. The second-order valence-electron chi connectivity index (χ2n) is 13.6. The molecule has 2 N–H and O–H groups in total. The summed E-state index contributed by atoms with van der Waals surface area (Å²) in [5.41, 5.74) is 0.0982. The first-order valence-corrected chi connectivity index (χ1v) is 17.0. The van der Waals surface area contributed by atoms with Gasteiger partial charge in [-0.3, -0.25) is 19.2 Å². The van der Waals surface area contributed by atoms with Gasteiger partial charge in [0, 0.05) is 26.6 Å². The molecule has 0 radical (unpaired) electrons. The van der Waals surface area contributed by atoms with Gasteiger partial charge in [0.1, 0.15) is 23.7 Å². The SMILES string of the molecule is COC[C@H]1NC(=O)CC/C=C\CN(Cc2ccccc2)C(=O)[C@@H]2N([C@@H](CO)C(C)C)C(=O)[C@H]3[C@H](C(=O)O[C@@H]1c1ccccc1)[C@@H]1C=C[C@]23O1. The zero-order chi connectivity index (χ0) is 34.7. The second kappa shape index (κ2) is 14.7. The minimum atomic E-state index is -1.44. The van der Waals surface area contributed by atoms with Crippen LogP contribution in [0.5, 0.6) is 0 Å². The summed E-state index contributed by atoms with van der Waals surface area (Å²) in [5.74, 6) is -4.04. The van der Waals surface area contributed by atoms with Crippen molar-refractivity contribution in [3.05, 3.63) is 96.1 Å². The standard InChI is InChI=1S/C38H45N3O8/c1-24(2)28(22-42)41-34-36(45)40(21-25-13-7-4-8-14-25)20-12-6-11-17-30(43)39-27(23-47-3)33(26-15-9-5-10-16-26)48-37(46)31-29-18-19-38(34,49-29)32(31)35(41)44/h4-10,12-16,18-19,24,27-29,31-34,42H,11,17,20-23H2,1-3H3,(H,39,43)/b12-6-/t27-,28+,29+,31-,32-,33-,34+,38-/m1/s1. The molecule has 2 saturated heterocycles. The van der Waals surface area contributed by atoms with Crippen LogP contribution in [-0.4, -0.2) is 95.3 Å². The molecule has 4 heterocycles. The maximum Gasteiger partial charge on any atom is 0.313 e. The molecule has 0 unspecified atom stereocenters. The molecular formula is C38H45N3O8. The number of hydrogen-bond acceptors (Lipinski definition) is 8. The Hall–Kier alpha value is -4.32. The summed E-state index contributed by atoms with van der Waals surface area (Å²) in [7, 11) is 1.51. The van der Waals surface area contributed by atoms with Gasteiger partial charge in [0.15, 0.2) is 0 Å². The maximum atomic E-state index is 14.9. The highest BCUT2D eigenvalue weighted by Gasteiger charge is 2.74. The van der Waals surface area contributed by atoms with Gasteiger partial charge in [0.2, 0.25) is 17.7 Å². The van der Waals surface area contributed by atoms with Crippen molar-refractivity contribution in [3.8, 4) is 0 Å². The van der Waals surface area contributed by atoms with Crippen molar-refractivity contribution in [2.24, 2.45) is 17.8 Å². The number of nitrogens with zero attached hydrogens (tertiary/aromatic N) is 2. The van der Waals surface area contributed by atoms with Gasteiger partial charge in [0.25, 0.3) is 0 Å². The van der Waals surface area contributed by atoms with Crippen LogP contribution in [0.4, 0.5) is 0 Å². The Balaban J connectivity index is 1.46. The van der Waals surface area contributed by atoms with Gasteiger partial charge in [0.05, 0.1) is 37.3 Å². The lowest BCUT2D eigenvalue weighted by Crippen LogP contribution is -2.59. The Morgan fingerprint density at radius 3 is 2.39 bits per heavy atom. The van der Waals surface area contributed by atoms with Crippen molar-refractivity contribution in [2.75, 3.05) is 26.9 Å². The molecule has 260 valence electrons. The van der Waals surface area contributed by atoms with E-state index in [4.69, 9.17) is 14.2 Å². The Morgan fingerprint density at radius 2 is 1.71 bits per heavy atom. The lowest BCUT2D eigenvalue weighted by molar-refractivity contribution is -0.163. The molecule has 11 heteroatoms. The van der Waals surface area contributed by atoms with Gasteiger partial charge in [-0.05, 0) is 23.5 Å². The van der Waals surface area contributed by atoms with E-state index in [2.05, 4.69) is 5.32 Å². The van der Waals surface area contributed by atoms with Crippen LogP contribution in [0.3, 0.4) is 0 Å². The summed E-state index contributed by atoms with van der Waals surface area (Å²) < 4.78 is 18.3. The molecule has 5 bridgehead atoms. The Bertz CT molecular complexity index is 1580. The monoisotopic (exact) mass is 671 g/mol. The van der Waals surface area contributed by atoms with Crippen molar-refractivity contribution in [1.29, 1.82) is 0 Å². The zero-order valence-corrected chi connectivity index (χ0v) is 28.1. The topological polar surface area (TPSA) is 135 Å². The summed E-state index contributed by atoms with van der Waals surface area (Å²) in [4.78, 5) is 60.3. The summed E-state index contributed by atoms with van der Waals surface area (Å²) in [6.07, 6.45) is 6.05. The normalized spacial score (nSPS) is 31.5. The Kier molecular flexibility index (Phi) is 10.3. The number of rotatable bonds is 8. The van der Waals surface area contributed by atoms with Crippen LogP contribution < -0.4 is 5.32 Å². The summed E-state index contributed by atoms with van der Waals surface area (Å²) >= 11 is 0. The molecule has 0 aliphatic carbocycles. The highest BCUT2D eigenvalue weighted by molar-refractivity contribution is 5.99. The van der Waals surface area contributed by atoms with Crippen LogP contribution >= 0.6 is 0 Å². The van der Waals surface area contributed by atoms with Crippen LogP contribution in [0.1, 0.15) is 43.9 Å². The van der Waals surface area contributed by atoms with Crippen LogP contribution in [0.25, 0.3) is 0 Å². The van der Waals surface area contributed by atoms with E-state index in [1.54, 1.807) is 17.1 Å². The smallest absolute Gasteiger partial charge is 0.313 e. The first kappa shape index (κ1) is 34.5. The fourth-order valence-electron chi connectivity index (χ4n) is 7.77. The van der Waals surface area contributed by atoms with Crippen LogP contribution in [0.2, 0.25) is 0 Å². The first-order chi connectivity index (χ1) is 23.7. The lowest BCUT2D eigenvalue weighted by atomic mass is 9.74. The fourth-order valence-corrected chi connectivity index (χ4v) is 7.77. The van der Waals surface area contributed by atoms with Gasteiger partial charge >= 0.3 is 5.97 Å². The summed E-state index contributed by atoms with van der Waals surface area (Å²) in [6.45, 7) is 3.94. The molecule has 0 aromatic heterocycles. The number of aliphatic hydroxyl groups excluding tert-OH is 1. The summed E-state index contributed by atoms with van der Waals surface area (Å²) in [6, 6.07) is 16.1. The van der Waals surface area contributed by atoms with Crippen LogP contribution in [0, 0.1) is 17.8 Å². The molecule has 11 nitrogen and oxygen atoms in total. The van der Waals surface area contributed by atoms with Crippen molar-refractivity contribution < 1.29 is 38.5 Å². The molecule has 2 fully saturated rings. The molecule has 6 rings (SSSR count). The predicted molar refractivity (Wildman–Crippen MR) is 179 cm³/mol. The van der Waals surface area contributed by atoms with E-state index in [0.29, 0.717) is 12.0 Å². The number of likely N-dealkylation sites (tertiary alicyclic amines) is 1. The molecule has 2 aromatic rings. The van der Waals surface area contributed by atoms with Crippen molar-refractivity contribution in [3.63, 3.8) is 0 Å². The number of aliphatic hydroxyl groups is 1. The third-order valence-corrected chi connectivity index (χ3v) is 10.1. The molecule has 3 amide bonds. The largest absolute Gasteiger partial charge is 0.455 e. The molecule has 4 aliphatic rings. The van der Waals surface area contributed by atoms with Crippen molar-refractivity contribution in [1.82, 2.24) is 15.1 Å². The van der Waals surface area contributed by atoms with Gasteiger partial charge in [-0.25, -0.2) is 0 Å². The maximum absolute atomic E-state index is 14.9. The minimum Gasteiger partial charge on any atom is -0.455 e. The predicted octanol–water partition coefficient (Wildman–Crippen LogP) is 2.95. The van der Waals surface area contributed by atoms with E-state index in [0.717, 1.165) is 5.56 Å². The number of fused-ring (bicyclic) bond motifs is 2. The average molecular weight is 672 g/mol. The first-order valence-electron chi connectivity index (χ1n) is 17.0. The second-order valence-corrected chi connectivity index (χ2v) is 13.6. The van der Waals surface area contributed by atoms with Crippen molar-refractivity contribution in [2.45, 2.75) is 69.2 Å². The number of methoxy groups -OCH3 is 1. The number of hydrogen-bond donors (Lipinski definition) is 2. The van der Waals surface area contributed by atoms with Gasteiger partial charge in [-0.15, -0.1) is 0 Å².